The van der Waals surface area contributed by atoms with Crippen molar-refractivity contribution in [1.82, 2.24) is 15.0 Å². The van der Waals surface area contributed by atoms with Crippen molar-refractivity contribution in [2.24, 2.45) is 0 Å². The van der Waals surface area contributed by atoms with E-state index >= 15 is 0 Å². The minimum atomic E-state index is -1.28. The van der Waals surface area contributed by atoms with Crippen LogP contribution in [0.1, 0.15) is 83.8 Å². The van der Waals surface area contributed by atoms with E-state index in [-0.39, 0.29) is 92.8 Å². The highest BCUT2D eigenvalue weighted by Gasteiger charge is 2.26. The summed E-state index contributed by atoms with van der Waals surface area (Å²) in [5, 5.41) is 67.4. The van der Waals surface area contributed by atoms with Crippen molar-refractivity contribution in [3.8, 4) is 0 Å². The number of fused-ring (bicyclic) bond motifs is 6. The van der Waals surface area contributed by atoms with Gasteiger partial charge in [0.2, 0.25) is 0 Å². The maximum Gasteiger partial charge on any atom is 0.307 e. The van der Waals surface area contributed by atoms with Crippen LogP contribution in [0, 0.1) is 12.3 Å². The molecule has 0 radical (unpaired) electrons. The fourth-order valence-electron chi connectivity index (χ4n) is 6.61. The summed E-state index contributed by atoms with van der Waals surface area (Å²) in [6.07, 6.45) is -2.97. The summed E-state index contributed by atoms with van der Waals surface area (Å²) >= 11 is 7.05. The van der Waals surface area contributed by atoms with E-state index in [1.165, 1.54) is 12.1 Å². The van der Waals surface area contributed by atoms with Crippen LogP contribution in [-0.2, 0) is 60.9 Å². The van der Waals surface area contributed by atoms with Crippen LogP contribution in [0.4, 0.5) is 0 Å². The van der Waals surface area contributed by atoms with Gasteiger partial charge in [0.05, 0.1) is 44.0 Å². The summed E-state index contributed by atoms with van der Waals surface area (Å²) in [6, 6.07) is 4.57. The SMILES string of the molecule is CC1=C(CCC(=O)O)c2nc1c(Br)c(=N)c(CCC(=O)O)c(CC(=O)O)ccc1[nH]c(cc3[nH]c(c2Br)c(CC(=O)O)c3CCC(=O)O)c(C)c1CCC(=O)O. The standard InChI is InChI=1S/C38H38Br2N4O12/c1-16-19(4-9-27(45)46)24-8-3-18(13-31(53)54)21(6-11-29(49)50)35(41)33(39)36-17(2)20(5-10-28(47)48)37(44-36)34(40)38-23(14-32(55)56)22(7-12-30(51)52)26(43-38)15-25(16)42-24/h3,8,15,41-43H,4-7,9-14H2,1-2H3,(H,45,46)(H,47,48)(H,49,50)(H,51,52)(H,53,54)(H,55,56). The Balaban J connectivity index is 2.40. The molecule has 18 heteroatoms. The van der Waals surface area contributed by atoms with Gasteiger partial charge in [0.15, 0.2) is 0 Å². The molecular formula is C38H38Br2N4O12. The molecule has 6 bridgehead atoms. The third kappa shape index (κ3) is 10.2. The molecule has 4 rings (SSSR count). The van der Waals surface area contributed by atoms with Crippen molar-refractivity contribution < 1.29 is 59.4 Å². The molecule has 0 aliphatic carbocycles. The largest absolute Gasteiger partial charge is 0.481 e. The summed E-state index contributed by atoms with van der Waals surface area (Å²) in [4.78, 5) is 82.8. The third-order valence-electron chi connectivity index (χ3n) is 9.33. The van der Waals surface area contributed by atoms with E-state index in [1.807, 2.05) is 0 Å². The van der Waals surface area contributed by atoms with Gasteiger partial charge in [-0.3, -0.25) is 34.2 Å². The molecule has 0 atom stereocenters. The lowest BCUT2D eigenvalue weighted by molar-refractivity contribution is -0.138. The van der Waals surface area contributed by atoms with Gasteiger partial charge in [-0.2, -0.15) is 0 Å². The lowest BCUT2D eigenvalue weighted by Gasteiger charge is -2.07. The van der Waals surface area contributed by atoms with Crippen molar-refractivity contribution in [3.63, 3.8) is 0 Å². The number of carboxylic acids is 6. The second-order valence-corrected chi connectivity index (χ2v) is 14.6. The number of hydrogen-bond donors (Lipinski definition) is 9. The molecule has 9 N–H and O–H groups in total. The number of aryl methyl sites for hydroxylation is 3. The third-order valence-corrected chi connectivity index (χ3v) is 10.9. The van der Waals surface area contributed by atoms with Crippen molar-refractivity contribution >= 4 is 101 Å². The molecular weight excluding hydrogens is 864 g/mol. The molecule has 3 aromatic heterocycles. The van der Waals surface area contributed by atoms with Crippen LogP contribution in [0.15, 0.2) is 27.1 Å². The van der Waals surface area contributed by atoms with Crippen molar-refractivity contribution in [3.05, 3.63) is 77.3 Å². The van der Waals surface area contributed by atoms with Gasteiger partial charge in [-0.05, 0) is 128 Å². The molecule has 0 saturated heterocycles. The van der Waals surface area contributed by atoms with Gasteiger partial charge in [-0.1, -0.05) is 6.07 Å². The first-order valence-electron chi connectivity index (χ1n) is 17.1. The first-order valence-corrected chi connectivity index (χ1v) is 18.7. The van der Waals surface area contributed by atoms with Crippen molar-refractivity contribution in [1.29, 1.82) is 5.41 Å². The normalized spacial score (nSPS) is 11.7. The summed E-state index contributed by atoms with van der Waals surface area (Å²) in [6.45, 7) is 3.36. The second-order valence-electron chi connectivity index (χ2n) is 13.0. The predicted molar refractivity (Wildman–Crippen MR) is 209 cm³/mol. The van der Waals surface area contributed by atoms with E-state index in [1.54, 1.807) is 19.9 Å². The highest BCUT2D eigenvalue weighted by atomic mass is 79.9. The van der Waals surface area contributed by atoms with E-state index in [0.29, 0.717) is 44.4 Å². The maximum atomic E-state index is 12.3. The highest BCUT2D eigenvalue weighted by molar-refractivity contribution is 9.11. The van der Waals surface area contributed by atoms with Crippen LogP contribution in [0.2, 0.25) is 0 Å². The van der Waals surface area contributed by atoms with Gasteiger partial charge in [0, 0.05) is 42.2 Å². The van der Waals surface area contributed by atoms with Gasteiger partial charge in [-0.25, -0.2) is 4.98 Å². The number of allylic oxidation sites excluding steroid dienone is 2. The summed E-state index contributed by atoms with van der Waals surface area (Å²) in [5.74, 6) is -7.04. The lowest BCUT2D eigenvalue weighted by atomic mass is 9.98. The number of H-pyrrole nitrogens is 2. The fraction of sp³-hybridized carbons (Fsp3) is 0.316. The average molecular weight is 903 g/mol. The molecule has 0 amide bonds. The highest BCUT2D eigenvalue weighted by Crippen LogP contribution is 2.41. The van der Waals surface area contributed by atoms with Crippen molar-refractivity contribution in [2.75, 3.05) is 0 Å². The molecule has 56 heavy (non-hydrogen) atoms. The number of carboxylic acid groups (broad SMARTS) is 6. The Kier molecular flexibility index (Phi) is 14.1. The number of aliphatic carboxylic acids is 6. The van der Waals surface area contributed by atoms with Gasteiger partial charge in [0.1, 0.15) is 0 Å². The van der Waals surface area contributed by atoms with Crippen LogP contribution in [0.3, 0.4) is 0 Å². The van der Waals surface area contributed by atoms with Gasteiger partial charge < -0.3 is 40.6 Å². The Labute approximate surface area is 334 Å². The molecule has 1 aliphatic rings. The predicted octanol–water partition coefficient (Wildman–Crippen LogP) is 6.02. The number of aromatic amines is 2. The number of aromatic nitrogens is 3. The van der Waals surface area contributed by atoms with E-state index in [4.69, 9.17) is 4.98 Å². The Bertz CT molecular complexity index is 2430. The first-order chi connectivity index (χ1) is 26.3. The van der Waals surface area contributed by atoms with E-state index in [0.717, 1.165) is 0 Å². The van der Waals surface area contributed by atoms with Crippen LogP contribution in [0.25, 0.3) is 33.2 Å². The zero-order chi connectivity index (χ0) is 41.6. The molecule has 296 valence electrons. The van der Waals surface area contributed by atoms with Crippen LogP contribution < -0.4 is 5.36 Å². The summed E-state index contributed by atoms with van der Waals surface area (Å²) in [5.41, 5.74) is 4.42. The zero-order valence-corrected chi connectivity index (χ0v) is 33.3. The molecule has 0 spiro atoms. The molecule has 0 fully saturated rings. The van der Waals surface area contributed by atoms with Crippen molar-refractivity contribution in [2.45, 2.75) is 78.1 Å². The molecule has 16 nitrogen and oxygen atoms in total. The van der Waals surface area contributed by atoms with Gasteiger partial charge in [-0.15, -0.1) is 0 Å². The topological polar surface area (TPSA) is 292 Å². The number of rotatable bonds is 16. The second kappa shape index (κ2) is 18.3. The van der Waals surface area contributed by atoms with Gasteiger partial charge in [0.25, 0.3) is 0 Å². The molecule has 1 aliphatic heterocycles. The van der Waals surface area contributed by atoms with Crippen LogP contribution in [0.5, 0.6) is 0 Å². The first kappa shape index (κ1) is 43.1. The average Bonchev–Trinajstić information content (AvgIpc) is 3.72. The van der Waals surface area contributed by atoms with E-state index in [9.17, 15) is 64.8 Å². The number of carbonyl (C=O) groups is 6. The number of hydrogen-bond acceptors (Lipinski definition) is 8. The monoisotopic (exact) mass is 900 g/mol. The lowest BCUT2D eigenvalue weighted by Crippen LogP contribution is -2.16. The Hall–Kier alpha value is -5.62. The number of nitrogens with one attached hydrogen (secondary N) is 3. The quantitative estimate of drug-likeness (QED) is 0.0796. The molecule has 4 heterocycles. The fourth-order valence-corrected chi connectivity index (χ4v) is 7.91. The molecule has 3 aromatic rings. The maximum absolute atomic E-state index is 12.3. The zero-order valence-electron chi connectivity index (χ0n) is 30.1. The Morgan fingerprint density at radius 2 is 1.14 bits per heavy atom. The summed E-state index contributed by atoms with van der Waals surface area (Å²) < 4.78 is 0.240. The minimum absolute atomic E-state index is 0.0349. The smallest absolute Gasteiger partial charge is 0.307 e. The minimum Gasteiger partial charge on any atom is -0.481 e. The number of halogens is 2. The number of nitrogens with zero attached hydrogens (tertiary/aromatic N) is 1. The summed E-state index contributed by atoms with van der Waals surface area (Å²) in [7, 11) is 0. The van der Waals surface area contributed by atoms with Gasteiger partial charge >= 0.3 is 35.8 Å². The Morgan fingerprint density at radius 1 is 0.607 bits per heavy atom. The van der Waals surface area contributed by atoms with Crippen LogP contribution >= 0.6 is 31.9 Å². The van der Waals surface area contributed by atoms with E-state index < -0.39 is 55.1 Å². The molecule has 0 aromatic carbocycles. The molecule has 0 saturated carbocycles. The Morgan fingerprint density at radius 3 is 1.70 bits per heavy atom. The molecule has 0 unspecified atom stereocenters. The van der Waals surface area contributed by atoms with Crippen LogP contribution in [-0.4, -0.2) is 81.4 Å². The van der Waals surface area contributed by atoms with E-state index in [2.05, 4.69) is 41.8 Å².